The predicted molar refractivity (Wildman–Crippen MR) is 116 cm³/mol. The number of nitrogens with one attached hydrogen (secondary N) is 1. The summed E-state index contributed by atoms with van der Waals surface area (Å²) in [5.41, 5.74) is 1.82. The molecule has 0 radical (unpaired) electrons. The van der Waals surface area contributed by atoms with Gasteiger partial charge in [0.05, 0.1) is 5.56 Å². The van der Waals surface area contributed by atoms with Gasteiger partial charge in [0.1, 0.15) is 11.6 Å². The predicted octanol–water partition coefficient (Wildman–Crippen LogP) is 4.10. The molecule has 2 aromatic rings. The van der Waals surface area contributed by atoms with Gasteiger partial charge in [-0.1, -0.05) is 12.8 Å². The van der Waals surface area contributed by atoms with Crippen molar-refractivity contribution in [2.75, 3.05) is 36.4 Å². The maximum atomic E-state index is 13.0. The minimum absolute atomic E-state index is 0.0836. The van der Waals surface area contributed by atoms with Crippen molar-refractivity contribution in [3.8, 4) is 0 Å². The van der Waals surface area contributed by atoms with E-state index in [1.165, 1.54) is 32.1 Å². The van der Waals surface area contributed by atoms with E-state index in [0.717, 1.165) is 50.4 Å². The molecular weight excluding hydrogens is 362 g/mol. The van der Waals surface area contributed by atoms with Gasteiger partial charge in [-0.25, -0.2) is 9.97 Å². The average Bonchev–Trinajstić information content (AvgIpc) is 3.08. The van der Waals surface area contributed by atoms with Crippen molar-refractivity contribution >= 4 is 17.5 Å². The molecule has 1 N–H and O–H groups in total. The molecule has 0 saturated carbocycles. The molecule has 2 fully saturated rings. The molecule has 0 atom stereocenters. The zero-order chi connectivity index (χ0) is 19.9. The van der Waals surface area contributed by atoms with Gasteiger partial charge in [0.15, 0.2) is 0 Å². The van der Waals surface area contributed by atoms with Crippen LogP contribution in [0.2, 0.25) is 0 Å². The maximum Gasteiger partial charge on any atom is 0.257 e. The van der Waals surface area contributed by atoms with Crippen LogP contribution in [0.25, 0.3) is 0 Å². The van der Waals surface area contributed by atoms with Gasteiger partial charge in [-0.15, -0.1) is 0 Å². The summed E-state index contributed by atoms with van der Waals surface area (Å²) in [6.45, 7) is 4.48. The number of rotatable bonds is 5. The summed E-state index contributed by atoms with van der Waals surface area (Å²) in [5, 5.41) is 3.39. The lowest BCUT2D eigenvalue weighted by molar-refractivity contribution is 0.0725. The monoisotopic (exact) mass is 393 g/mol. The van der Waals surface area contributed by atoms with E-state index in [9.17, 15) is 4.79 Å². The lowest BCUT2D eigenvalue weighted by atomic mass is 10.1. The molecule has 0 aromatic carbocycles. The highest BCUT2D eigenvalue weighted by Crippen LogP contribution is 2.21. The Balaban J connectivity index is 1.44. The summed E-state index contributed by atoms with van der Waals surface area (Å²) in [6.07, 6.45) is 12.1. The molecule has 2 aliphatic heterocycles. The van der Waals surface area contributed by atoms with E-state index >= 15 is 0 Å². The average molecular weight is 394 g/mol. The van der Waals surface area contributed by atoms with Crippen LogP contribution >= 0.6 is 0 Å². The quantitative estimate of drug-likeness (QED) is 0.829. The van der Waals surface area contributed by atoms with E-state index in [4.69, 9.17) is 0 Å². The van der Waals surface area contributed by atoms with Crippen LogP contribution in [0, 0.1) is 0 Å². The fraction of sp³-hybridized carbons (Fsp3) is 0.522. The third-order valence-corrected chi connectivity index (χ3v) is 5.88. The molecule has 2 aliphatic rings. The van der Waals surface area contributed by atoms with Crippen LogP contribution in [-0.2, 0) is 6.54 Å². The Morgan fingerprint density at radius 3 is 2.41 bits per heavy atom. The Kier molecular flexibility index (Phi) is 6.60. The number of carbonyl (C=O) groups excluding carboxylic acids is 1. The zero-order valence-electron chi connectivity index (χ0n) is 17.1. The minimum atomic E-state index is 0.0836. The van der Waals surface area contributed by atoms with Gasteiger partial charge in [0.2, 0.25) is 0 Å². The third-order valence-electron chi connectivity index (χ3n) is 5.88. The van der Waals surface area contributed by atoms with Gasteiger partial charge < -0.3 is 15.1 Å². The van der Waals surface area contributed by atoms with Crippen LogP contribution in [0.3, 0.4) is 0 Å². The topological polar surface area (TPSA) is 61.4 Å². The lowest BCUT2D eigenvalue weighted by Gasteiger charge is -2.27. The standard InChI is InChI=1S/C23H31N5O/c29-23(28-15-6-3-7-16-28)20-9-8-11-25-22(20)26-18-19-10-12-24-21(17-19)27-13-4-1-2-5-14-27/h8-12,17H,1-7,13-16,18H2,(H,25,26). The number of pyridine rings is 2. The molecule has 2 aromatic heterocycles. The highest BCUT2D eigenvalue weighted by molar-refractivity contribution is 5.98. The van der Waals surface area contributed by atoms with E-state index in [1.807, 2.05) is 29.3 Å². The number of anilines is 2. The molecule has 6 heteroatoms. The molecule has 4 rings (SSSR count). The number of aromatic nitrogens is 2. The summed E-state index contributed by atoms with van der Waals surface area (Å²) in [5.74, 6) is 1.80. The molecule has 0 aliphatic carbocycles. The summed E-state index contributed by atoms with van der Waals surface area (Å²) in [6, 6.07) is 7.91. The Hall–Kier alpha value is -2.63. The van der Waals surface area contributed by atoms with Crippen molar-refractivity contribution in [2.24, 2.45) is 0 Å². The first-order valence-electron chi connectivity index (χ1n) is 11.0. The van der Waals surface area contributed by atoms with E-state index in [-0.39, 0.29) is 5.91 Å². The van der Waals surface area contributed by atoms with Crippen LogP contribution < -0.4 is 10.2 Å². The van der Waals surface area contributed by atoms with E-state index in [1.54, 1.807) is 6.20 Å². The van der Waals surface area contributed by atoms with Crippen molar-refractivity contribution in [3.05, 3.63) is 47.8 Å². The zero-order valence-corrected chi connectivity index (χ0v) is 17.1. The Morgan fingerprint density at radius 1 is 0.897 bits per heavy atom. The molecule has 0 bridgehead atoms. The van der Waals surface area contributed by atoms with Gasteiger partial charge >= 0.3 is 0 Å². The molecular formula is C23H31N5O. The SMILES string of the molecule is O=C(c1cccnc1NCc1ccnc(N2CCCCCC2)c1)N1CCCCC1. The van der Waals surface area contributed by atoms with Gasteiger partial charge in [-0.05, 0) is 61.9 Å². The van der Waals surface area contributed by atoms with E-state index < -0.39 is 0 Å². The molecule has 0 unspecified atom stereocenters. The van der Waals surface area contributed by atoms with Gasteiger partial charge in [0, 0.05) is 45.1 Å². The molecule has 0 spiro atoms. The maximum absolute atomic E-state index is 13.0. The first-order valence-corrected chi connectivity index (χ1v) is 11.0. The third kappa shape index (κ3) is 5.05. The number of hydrogen-bond donors (Lipinski definition) is 1. The van der Waals surface area contributed by atoms with Crippen molar-refractivity contribution in [1.82, 2.24) is 14.9 Å². The summed E-state index contributed by atoms with van der Waals surface area (Å²) >= 11 is 0. The summed E-state index contributed by atoms with van der Waals surface area (Å²) < 4.78 is 0. The normalized spacial score (nSPS) is 17.7. The van der Waals surface area contributed by atoms with Gasteiger partial charge in [0.25, 0.3) is 5.91 Å². The first kappa shape index (κ1) is 19.7. The number of hydrogen-bond acceptors (Lipinski definition) is 5. The second-order valence-corrected chi connectivity index (χ2v) is 8.03. The second kappa shape index (κ2) is 9.72. The van der Waals surface area contributed by atoms with Gasteiger partial charge in [-0.2, -0.15) is 0 Å². The first-order chi connectivity index (χ1) is 14.3. The fourth-order valence-electron chi connectivity index (χ4n) is 4.22. The van der Waals surface area contributed by atoms with E-state index in [0.29, 0.717) is 17.9 Å². The highest BCUT2D eigenvalue weighted by atomic mass is 16.2. The van der Waals surface area contributed by atoms with Crippen LogP contribution in [0.4, 0.5) is 11.6 Å². The largest absolute Gasteiger partial charge is 0.365 e. The van der Waals surface area contributed by atoms with Crippen molar-refractivity contribution < 1.29 is 4.79 Å². The summed E-state index contributed by atoms with van der Waals surface area (Å²) in [4.78, 5) is 26.3. The van der Waals surface area contributed by atoms with E-state index in [2.05, 4.69) is 26.3 Å². The molecule has 29 heavy (non-hydrogen) atoms. The van der Waals surface area contributed by atoms with Crippen molar-refractivity contribution in [3.63, 3.8) is 0 Å². The van der Waals surface area contributed by atoms with Crippen LogP contribution in [0.5, 0.6) is 0 Å². The number of amides is 1. The second-order valence-electron chi connectivity index (χ2n) is 8.03. The van der Waals surface area contributed by atoms with Crippen LogP contribution in [-0.4, -0.2) is 47.0 Å². The van der Waals surface area contributed by atoms with Crippen LogP contribution in [0.15, 0.2) is 36.7 Å². The molecule has 1 amide bonds. The smallest absolute Gasteiger partial charge is 0.257 e. The Bertz CT molecular complexity index is 810. The van der Waals surface area contributed by atoms with Crippen molar-refractivity contribution in [2.45, 2.75) is 51.5 Å². The summed E-state index contributed by atoms with van der Waals surface area (Å²) in [7, 11) is 0. The fourth-order valence-corrected chi connectivity index (χ4v) is 4.22. The van der Waals surface area contributed by atoms with Crippen LogP contribution in [0.1, 0.15) is 60.9 Å². The Morgan fingerprint density at radius 2 is 1.62 bits per heavy atom. The molecule has 6 nitrogen and oxygen atoms in total. The van der Waals surface area contributed by atoms with Crippen molar-refractivity contribution in [1.29, 1.82) is 0 Å². The number of carbonyl (C=O) groups is 1. The number of likely N-dealkylation sites (tertiary alicyclic amines) is 1. The van der Waals surface area contributed by atoms with Gasteiger partial charge in [-0.3, -0.25) is 4.79 Å². The molecule has 154 valence electrons. The highest BCUT2D eigenvalue weighted by Gasteiger charge is 2.21. The number of nitrogens with zero attached hydrogens (tertiary/aromatic N) is 4. The molecule has 2 saturated heterocycles. The minimum Gasteiger partial charge on any atom is -0.365 e. The lowest BCUT2D eigenvalue weighted by Crippen LogP contribution is -2.36. The Labute approximate surface area is 173 Å². The number of piperidine rings is 1. The molecule has 4 heterocycles.